The molecule has 0 aromatic carbocycles. The number of likely N-dealkylation sites (tertiary alicyclic amines) is 1. The number of aliphatic hydroxyl groups excluding tert-OH is 2. The third-order valence-electron chi connectivity index (χ3n) is 14.7. The van der Waals surface area contributed by atoms with Gasteiger partial charge in [0.1, 0.15) is 52.6 Å². The van der Waals surface area contributed by atoms with Crippen LogP contribution in [0.1, 0.15) is 194 Å². The number of unbranched alkanes of at least 4 members (excludes halogenated alkanes) is 5. The van der Waals surface area contributed by atoms with E-state index >= 15 is 0 Å². The molecule has 1 rings (SSSR count). The maximum atomic E-state index is 14.1. The van der Waals surface area contributed by atoms with Crippen molar-refractivity contribution >= 4 is 58.9 Å². The first-order valence-electron chi connectivity index (χ1n) is 29.3. The van der Waals surface area contributed by atoms with Crippen LogP contribution < -0.4 is 42.5 Å². The lowest BCUT2D eigenvalue weighted by molar-refractivity contribution is -0.142. The highest BCUT2D eigenvalue weighted by atomic mass is 16.3. The standard InChI is InChI=1S/C58H106N10O12/c1-18-20-21-22-23-24-26-38(8)52(77)68-28-25-27-44(68)49(74)61-43(32-37(7)31-42(71)33-41(70)19-2)48(73)60-40(10)47(72)64-56(11,12)54(79)63-45(35(3)4)50(75)62-46(36(5)6)51(76)65-58(15,16)55(80)66-57(13,14)53(78)59-39(9)34-67(17)29-30-69/h35-40,42-46,69,71H,18-34H2,1-17H3,(H,59,78)(H,60,73)(H,61,74)(H,62,75)(H,63,79)(H,64,72)(H,65,76)(H,66,80). The Hall–Kier alpha value is -5.22. The molecule has 1 aliphatic rings. The minimum Gasteiger partial charge on any atom is -0.395 e. The highest BCUT2D eigenvalue weighted by Gasteiger charge is 2.42. The molecule has 22 nitrogen and oxygen atoms in total. The van der Waals surface area contributed by atoms with Gasteiger partial charge in [-0.25, -0.2) is 0 Å². The number of rotatable bonds is 37. The summed E-state index contributed by atoms with van der Waals surface area (Å²) in [7, 11) is 1.80. The Morgan fingerprint density at radius 2 is 1.16 bits per heavy atom. The molecule has 1 aliphatic heterocycles. The Morgan fingerprint density at radius 3 is 1.74 bits per heavy atom. The van der Waals surface area contributed by atoms with Crippen LogP contribution >= 0.6 is 0 Å². The second-order valence-electron chi connectivity index (χ2n) is 24.9. The van der Waals surface area contributed by atoms with Crippen LogP contribution in [0.25, 0.3) is 0 Å². The summed E-state index contributed by atoms with van der Waals surface area (Å²) in [5, 5.41) is 41.7. The number of hydrogen-bond acceptors (Lipinski definition) is 13. The molecule has 0 bridgehead atoms. The quantitative estimate of drug-likeness (QED) is 0.0401. The number of hydrogen-bond donors (Lipinski definition) is 10. The van der Waals surface area contributed by atoms with Crippen molar-refractivity contribution in [2.75, 3.05) is 33.3 Å². The average molecular weight is 1140 g/mol. The number of Topliss-reactive ketones (excluding diaryl/α,β-unsaturated/α-hetero) is 1. The van der Waals surface area contributed by atoms with Gasteiger partial charge in [-0.05, 0) is 112 Å². The van der Waals surface area contributed by atoms with Crippen LogP contribution in [0.5, 0.6) is 0 Å². The molecular formula is C58H106N10O12. The number of aliphatic hydroxyl groups is 2. The van der Waals surface area contributed by atoms with Gasteiger partial charge in [0.25, 0.3) is 0 Å². The van der Waals surface area contributed by atoms with E-state index in [1.807, 2.05) is 11.8 Å². The van der Waals surface area contributed by atoms with Crippen LogP contribution in [0.3, 0.4) is 0 Å². The highest BCUT2D eigenvalue weighted by Crippen LogP contribution is 2.24. The normalized spacial score (nSPS) is 17.0. The lowest BCUT2D eigenvalue weighted by Crippen LogP contribution is -2.66. The fraction of sp³-hybridized carbons (Fsp3) is 0.828. The van der Waals surface area contributed by atoms with E-state index in [0.717, 1.165) is 32.1 Å². The van der Waals surface area contributed by atoms with Crippen LogP contribution in [0.15, 0.2) is 0 Å². The molecule has 80 heavy (non-hydrogen) atoms. The van der Waals surface area contributed by atoms with Crippen LogP contribution in [-0.4, -0.2) is 171 Å². The van der Waals surface area contributed by atoms with Crippen LogP contribution in [0.4, 0.5) is 0 Å². The average Bonchev–Trinajstić information content (AvgIpc) is 3.84. The third kappa shape index (κ3) is 24.9. The number of nitrogens with zero attached hydrogens (tertiary/aromatic N) is 2. The van der Waals surface area contributed by atoms with Crippen LogP contribution in [0.2, 0.25) is 0 Å². The molecule has 0 aromatic heterocycles. The van der Waals surface area contributed by atoms with Crippen LogP contribution in [-0.2, 0) is 47.9 Å². The number of likely N-dealkylation sites (N-methyl/N-ethyl adjacent to an activating group) is 1. The lowest BCUT2D eigenvalue weighted by atomic mass is 9.92. The van der Waals surface area contributed by atoms with Crippen molar-refractivity contribution < 1.29 is 58.2 Å². The Morgan fingerprint density at radius 1 is 0.625 bits per heavy atom. The molecule has 0 spiro atoms. The summed E-state index contributed by atoms with van der Waals surface area (Å²) in [5.41, 5.74) is -4.64. The fourth-order valence-corrected chi connectivity index (χ4v) is 9.50. The lowest BCUT2D eigenvalue weighted by Gasteiger charge is -2.35. The van der Waals surface area contributed by atoms with Gasteiger partial charge in [0, 0.05) is 44.4 Å². The van der Waals surface area contributed by atoms with Crippen molar-refractivity contribution in [3.8, 4) is 0 Å². The smallest absolute Gasteiger partial charge is 0.246 e. The predicted octanol–water partition coefficient (Wildman–Crippen LogP) is 2.89. The van der Waals surface area contributed by atoms with Crippen molar-refractivity contribution in [3.63, 3.8) is 0 Å². The molecule has 9 amide bonds. The summed E-state index contributed by atoms with van der Waals surface area (Å²) in [4.78, 5) is 140. The number of nitrogens with one attached hydrogen (secondary N) is 8. The molecule has 0 saturated carbocycles. The number of carbonyl (C=O) groups excluding carboxylic acids is 10. The first-order valence-corrected chi connectivity index (χ1v) is 29.3. The SMILES string of the molecule is CCCCCCCCC(C)C(=O)N1CCCC1C(=O)NC(CC(C)CC(O)CC(=O)CC)C(=O)NC(C)C(=O)NC(C)(C)C(=O)NC(C(=O)NC(C(=O)NC(C)(C)C(=O)NC(C)(C)C(=O)NC(C)CN(C)CCO)C(C)C)C(C)C. The van der Waals surface area contributed by atoms with E-state index in [1.165, 1.54) is 54.9 Å². The second-order valence-corrected chi connectivity index (χ2v) is 24.9. The van der Waals surface area contributed by atoms with Gasteiger partial charge < -0.3 is 62.5 Å². The summed E-state index contributed by atoms with van der Waals surface area (Å²) >= 11 is 0. The molecule has 10 N–H and O–H groups in total. The predicted molar refractivity (Wildman–Crippen MR) is 308 cm³/mol. The monoisotopic (exact) mass is 1130 g/mol. The molecule has 9 unspecified atom stereocenters. The number of carbonyl (C=O) groups is 10. The zero-order valence-electron chi connectivity index (χ0n) is 51.7. The summed E-state index contributed by atoms with van der Waals surface area (Å²) in [6.07, 6.45) is 7.64. The van der Waals surface area contributed by atoms with Gasteiger partial charge in [0.15, 0.2) is 0 Å². The van der Waals surface area contributed by atoms with Gasteiger partial charge in [-0.15, -0.1) is 0 Å². The fourth-order valence-electron chi connectivity index (χ4n) is 9.50. The molecule has 0 aliphatic carbocycles. The van der Waals surface area contributed by atoms with Crippen molar-refractivity contribution in [2.45, 2.75) is 253 Å². The van der Waals surface area contributed by atoms with Crippen molar-refractivity contribution in [1.82, 2.24) is 52.3 Å². The maximum Gasteiger partial charge on any atom is 0.246 e. The first-order chi connectivity index (χ1) is 37.0. The largest absolute Gasteiger partial charge is 0.395 e. The topological polar surface area (TPSA) is 314 Å². The zero-order chi connectivity index (χ0) is 61.5. The highest BCUT2D eigenvalue weighted by molar-refractivity contribution is 6.00. The minimum absolute atomic E-state index is 0.0297. The van der Waals surface area contributed by atoms with Crippen molar-refractivity contribution in [2.24, 2.45) is 23.7 Å². The van der Waals surface area contributed by atoms with E-state index < -0.39 is 112 Å². The maximum absolute atomic E-state index is 14.1. The van der Waals surface area contributed by atoms with Gasteiger partial charge in [-0.1, -0.05) is 93.9 Å². The molecule has 9 atom stereocenters. The van der Waals surface area contributed by atoms with Gasteiger partial charge >= 0.3 is 0 Å². The molecule has 0 radical (unpaired) electrons. The van der Waals surface area contributed by atoms with Gasteiger partial charge in [-0.2, -0.15) is 0 Å². The van der Waals surface area contributed by atoms with Crippen LogP contribution in [0, 0.1) is 23.7 Å². The molecule has 22 heteroatoms. The van der Waals surface area contributed by atoms with E-state index in [-0.39, 0.29) is 61.9 Å². The molecule has 1 fully saturated rings. The van der Waals surface area contributed by atoms with Gasteiger partial charge in [-0.3, -0.25) is 47.9 Å². The summed E-state index contributed by atoms with van der Waals surface area (Å²) in [6, 6.07) is -5.99. The summed E-state index contributed by atoms with van der Waals surface area (Å²) < 4.78 is 0. The minimum atomic E-state index is -1.67. The van der Waals surface area contributed by atoms with E-state index in [4.69, 9.17) is 0 Å². The van der Waals surface area contributed by atoms with Gasteiger partial charge in [0.2, 0.25) is 53.2 Å². The van der Waals surface area contributed by atoms with Gasteiger partial charge in [0.05, 0.1) is 12.7 Å². The Kier molecular flexibility index (Phi) is 31.2. The summed E-state index contributed by atoms with van der Waals surface area (Å²) in [5.74, 6) is -7.28. The molecule has 460 valence electrons. The number of amides is 9. The molecule has 0 aromatic rings. The Balaban J connectivity index is 3.18. The molecule has 1 heterocycles. The second kappa shape index (κ2) is 34.3. The Labute approximate surface area is 478 Å². The third-order valence-corrected chi connectivity index (χ3v) is 14.7. The zero-order valence-corrected chi connectivity index (χ0v) is 51.7. The van der Waals surface area contributed by atoms with E-state index in [1.54, 1.807) is 60.4 Å². The van der Waals surface area contributed by atoms with Crippen molar-refractivity contribution in [3.05, 3.63) is 0 Å². The Bertz CT molecular complexity index is 2060. The first kappa shape index (κ1) is 72.8. The molecule has 1 saturated heterocycles. The number of ketones is 1. The van der Waals surface area contributed by atoms with E-state index in [2.05, 4.69) is 49.5 Å². The summed E-state index contributed by atoms with van der Waals surface area (Å²) in [6.45, 7) is 27.5. The van der Waals surface area contributed by atoms with Crippen molar-refractivity contribution in [1.29, 1.82) is 0 Å². The van der Waals surface area contributed by atoms with E-state index in [9.17, 15) is 58.2 Å². The van der Waals surface area contributed by atoms with E-state index in [0.29, 0.717) is 38.9 Å². The molecular weight excluding hydrogens is 1030 g/mol.